The monoisotopic (exact) mass is 411 g/mol. The lowest BCUT2D eigenvalue weighted by Crippen LogP contribution is -2.49. The second-order valence-corrected chi connectivity index (χ2v) is 6.06. The number of nitrogens with one attached hydrogen (secondary N) is 2. The number of halogens is 5. The number of ether oxygens (including phenoxy) is 1. The van der Waals surface area contributed by atoms with E-state index in [9.17, 15) is 13.2 Å². The van der Waals surface area contributed by atoms with Gasteiger partial charge < -0.3 is 15.4 Å². The van der Waals surface area contributed by atoms with Gasteiger partial charge in [-0.3, -0.25) is 4.98 Å². The molecule has 0 spiro atoms. The Labute approximate surface area is 162 Å². The van der Waals surface area contributed by atoms with Gasteiger partial charge in [-0.15, -0.1) is 24.8 Å². The molecule has 1 aromatic heterocycles. The summed E-state index contributed by atoms with van der Waals surface area (Å²) in [6.45, 7) is 3.40. The van der Waals surface area contributed by atoms with Crippen LogP contribution in [0.1, 0.15) is 17.7 Å². The number of methoxy groups -OCH3 is 1. The summed E-state index contributed by atoms with van der Waals surface area (Å²) < 4.78 is 44.3. The molecule has 2 atom stereocenters. The molecule has 2 aromatic rings. The second kappa shape index (κ2) is 9.08. The molecule has 2 heterocycles. The first-order valence-corrected chi connectivity index (χ1v) is 7.87. The van der Waals surface area contributed by atoms with Crippen molar-refractivity contribution in [2.24, 2.45) is 0 Å². The molecule has 9 heteroatoms. The number of pyridine rings is 1. The number of fused-ring (bicyclic) bond motifs is 1. The van der Waals surface area contributed by atoms with Gasteiger partial charge >= 0.3 is 6.18 Å². The summed E-state index contributed by atoms with van der Waals surface area (Å²) in [4.78, 5) is 4.26. The van der Waals surface area contributed by atoms with Crippen LogP contribution in [-0.4, -0.2) is 37.3 Å². The Bertz CT molecular complexity index is 743. The number of benzene rings is 1. The Hall–Kier alpha value is -1.28. The van der Waals surface area contributed by atoms with E-state index in [1.165, 1.54) is 6.07 Å². The minimum Gasteiger partial charge on any atom is -0.379 e. The quantitative estimate of drug-likeness (QED) is 0.794. The average Bonchev–Trinajstić information content (AvgIpc) is 2.53. The first-order chi connectivity index (χ1) is 11.4. The summed E-state index contributed by atoms with van der Waals surface area (Å²) in [5.74, 6) is 0. The van der Waals surface area contributed by atoms with E-state index in [4.69, 9.17) is 4.74 Å². The van der Waals surface area contributed by atoms with Gasteiger partial charge in [-0.1, -0.05) is 6.07 Å². The highest BCUT2D eigenvalue weighted by Crippen LogP contribution is 2.33. The van der Waals surface area contributed by atoms with Gasteiger partial charge in [0.25, 0.3) is 0 Å². The maximum absolute atomic E-state index is 12.9. The van der Waals surface area contributed by atoms with Gasteiger partial charge in [0.2, 0.25) is 0 Å². The lowest BCUT2D eigenvalue weighted by Gasteiger charge is -2.32. The maximum Gasteiger partial charge on any atom is 0.416 e. The lowest BCUT2D eigenvalue weighted by molar-refractivity contribution is -0.137. The number of nitrogens with zero attached hydrogens (tertiary/aromatic N) is 1. The highest BCUT2D eigenvalue weighted by atomic mass is 35.5. The summed E-state index contributed by atoms with van der Waals surface area (Å²) in [6, 6.07) is 5.58. The van der Waals surface area contributed by atoms with Gasteiger partial charge in [0.1, 0.15) is 0 Å². The molecular weight excluding hydrogens is 390 g/mol. The summed E-state index contributed by atoms with van der Waals surface area (Å²) in [5, 5.41) is 7.39. The molecule has 2 N–H and O–H groups in total. The molecule has 1 aromatic carbocycles. The minimum absolute atomic E-state index is 0. The first kappa shape index (κ1) is 22.8. The number of alkyl halides is 3. The van der Waals surface area contributed by atoms with E-state index >= 15 is 0 Å². The van der Waals surface area contributed by atoms with Crippen LogP contribution in [0.3, 0.4) is 0 Å². The standard InChI is InChI=1S/C17H20F3N3O.2ClH/c1-10-7-13(23-15-9-21-6-5-16(15)24-2)12-4-3-11(17(18,19)20)8-14(12)22-10;;/h3-4,7-8,15-16,21H,5-6,9H2,1-2H3,(H,22,23);2*1H/t15-,16+;;/m0../s1. The van der Waals surface area contributed by atoms with Crippen LogP contribution >= 0.6 is 24.8 Å². The molecule has 0 aliphatic carbocycles. The molecular formula is C17H22Cl2F3N3O. The van der Waals surface area contributed by atoms with Gasteiger partial charge in [0, 0.05) is 30.4 Å². The Balaban J connectivity index is 0.00000169. The summed E-state index contributed by atoms with van der Waals surface area (Å²) in [7, 11) is 1.68. The minimum atomic E-state index is -4.37. The highest BCUT2D eigenvalue weighted by Gasteiger charge is 2.31. The number of hydrogen-bond donors (Lipinski definition) is 2. The van der Waals surface area contributed by atoms with Crippen LogP contribution in [-0.2, 0) is 10.9 Å². The highest BCUT2D eigenvalue weighted by molar-refractivity contribution is 5.92. The first-order valence-electron chi connectivity index (χ1n) is 7.87. The normalized spacial score (nSPS) is 20.2. The topological polar surface area (TPSA) is 46.2 Å². The fourth-order valence-corrected chi connectivity index (χ4v) is 3.12. The molecule has 1 aliphatic rings. The van der Waals surface area contributed by atoms with Gasteiger partial charge in [-0.05, 0) is 38.1 Å². The van der Waals surface area contributed by atoms with Crippen LogP contribution in [0.2, 0.25) is 0 Å². The van der Waals surface area contributed by atoms with Crippen molar-refractivity contribution in [1.29, 1.82) is 0 Å². The third-order valence-corrected chi connectivity index (χ3v) is 4.33. The molecule has 1 fully saturated rings. The fraction of sp³-hybridized carbons (Fsp3) is 0.471. The zero-order valence-electron chi connectivity index (χ0n) is 14.4. The van der Waals surface area contributed by atoms with Gasteiger partial charge in [-0.2, -0.15) is 13.2 Å². The number of aryl methyl sites for hydroxylation is 1. The molecule has 4 nitrogen and oxygen atoms in total. The number of aromatic nitrogens is 1. The molecule has 146 valence electrons. The number of anilines is 1. The Morgan fingerprint density at radius 3 is 2.62 bits per heavy atom. The zero-order valence-corrected chi connectivity index (χ0v) is 16.0. The lowest BCUT2D eigenvalue weighted by atomic mass is 10.0. The predicted molar refractivity (Wildman–Crippen MR) is 102 cm³/mol. The number of piperidine rings is 1. The van der Waals surface area contributed by atoms with Crippen molar-refractivity contribution in [3.63, 3.8) is 0 Å². The van der Waals surface area contributed by atoms with Crippen molar-refractivity contribution in [1.82, 2.24) is 10.3 Å². The van der Waals surface area contributed by atoms with E-state index in [0.717, 1.165) is 37.3 Å². The number of hydrogen-bond acceptors (Lipinski definition) is 4. The molecule has 1 aliphatic heterocycles. The van der Waals surface area contributed by atoms with Gasteiger partial charge in [0.05, 0.1) is 23.2 Å². The average molecular weight is 412 g/mol. The van der Waals surface area contributed by atoms with E-state index in [1.807, 2.05) is 6.07 Å². The molecule has 0 radical (unpaired) electrons. The van der Waals surface area contributed by atoms with Crippen molar-refractivity contribution in [2.75, 3.05) is 25.5 Å². The summed E-state index contributed by atoms with van der Waals surface area (Å²) in [6.07, 6.45) is -3.43. The van der Waals surface area contributed by atoms with E-state index in [-0.39, 0.29) is 37.0 Å². The summed E-state index contributed by atoms with van der Waals surface area (Å²) in [5.41, 5.74) is 1.10. The van der Waals surface area contributed by atoms with Crippen LogP contribution in [0.15, 0.2) is 24.3 Å². The third kappa shape index (κ3) is 4.91. The van der Waals surface area contributed by atoms with Gasteiger partial charge in [0.15, 0.2) is 0 Å². The summed E-state index contributed by atoms with van der Waals surface area (Å²) >= 11 is 0. The Morgan fingerprint density at radius 2 is 1.96 bits per heavy atom. The molecule has 0 saturated carbocycles. The molecule has 0 amide bonds. The second-order valence-electron chi connectivity index (χ2n) is 6.06. The van der Waals surface area contributed by atoms with Crippen LogP contribution in [0, 0.1) is 6.92 Å². The van der Waals surface area contributed by atoms with Crippen molar-refractivity contribution < 1.29 is 17.9 Å². The van der Waals surface area contributed by atoms with Crippen LogP contribution in [0.4, 0.5) is 18.9 Å². The van der Waals surface area contributed by atoms with Crippen molar-refractivity contribution in [3.05, 3.63) is 35.5 Å². The van der Waals surface area contributed by atoms with E-state index < -0.39 is 11.7 Å². The Kier molecular flexibility index (Phi) is 7.95. The SMILES string of the molecule is CO[C@@H]1CCNC[C@@H]1Nc1cc(C)nc2cc(C(F)(F)F)ccc12.Cl.Cl. The van der Waals surface area contributed by atoms with Crippen molar-refractivity contribution >= 4 is 41.4 Å². The van der Waals surface area contributed by atoms with Crippen LogP contribution in [0.25, 0.3) is 10.9 Å². The van der Waals surface area contributed by atoms with Crippen molar-refractivity contribution in [2.45, 2.75) is 31.7 Å². The third-order valence-electron chi connectivity index (χ3n) is 4.33. The molecule has 0 unspecified atom stereocenters. The van der Waals surface area contributed by atoms with E-state index in [1.54, 1.807) is 14.0 Å². The maximum atomic E-state index is 12.9. The van der Waals surface area contributed by atoms with Crippen molar-refractivity contribution in [3.8, 4) is 0 Å². The van der Waals surface area contributed by atoms with E-state index in [2.05, 4.69) is 15.6 Å². The molecule has 1 saturated heterocycles. The van der Waals surface area contributed by atoms with Crippen LogP contribution < -0.4 is 10.6 Å². The number of rotatable bonds is 3. The van der Waals surface area contributed by atoms with Gasteiger partial charge in [-0.25, -0.2) is 0 Å². The Morgan fingerprint density at radius 1 is 1.23 bits per heavy atom. The van der Waals surface area contributed by atoms with E-state index in [0.29, 0.717) is 16.6 Å². The molecule has 3 rings (SSSR count). The largest absolute Gasteiger partial charge is 0.416 e. The molecule has 0 bridgehead atoms. The smallest absolute Gasteiger partial charge is 0.379 e. The molecule has 26 heavy (non-hydrogen) atoms. The predicted octanol–water partition coefficient (Wildman–Crippen LogP) is 4.19. The fourth-order valence-electron chi connectivity index (χ4n) is 3.12. The van der Waals surface area contributed by atoms with Crippen LogP contribution in [0.5, 0.6) is 0 Å². The zero-order chi connectivity index (χ0) is 17.3.